The molecule has 12 atom stereocenters. The van der Waals surface area contributed by atoms with Crippen molar-refractivity contribution >= 4 is 17.8 Å². The molecule has 4 saturated heterocycles. The van der Waals surface area contributed by atoms with Crippen LogP contribution in [-0.4, -0.2) is 116 Å². The highest BCUT2D eigenvalue weighted by Gasteiger charge is 2.59. The second-order valence-electron chi connectivity index (χ2n) is 14.3. The predicted molar refractivity (Wildman–Crippen MR) is 173 cm³/mol. The van der Waals surface area contributed by atoms with Crippen LogP contribution in [0.5, 0.6) is 0 Å². The van der Waals surface area contributed by atoms with E-state index in [2.05, 4.69) is 17.6 Å². The minimum absolute atomic E-state index is 0.0475. The van der Waals surface area contributed by atoms with Gasteiger partial charge in [0, 0.05) is 31.2 Å². The van der Waals surface area contributed by atoms with Gasteiger partial charge in [0.05, 0.1) is 17.7 Å². The van der Waals surface area contributed by atoms with E-state index in [4.69, 9.17) is 23.7 Å². The molecule has 2 bridgehead atoms. The molecule has 1 amide bonds. The van der Waals surface area contributed by atoms with E-state index < -0.39 is 65.2 Å². The molecule has 4 aliphatic rings. The molecule has 0 saturated carbocycles. The summed E-state index contributed by atoms with van der Waals surface area (Å²) in [4.78, 5) is 43.4. The van der Waals surface area contributed by atoms with Crippen molar-refractivity contribution in [3.63, 3.8) is 0 Å². The molecule has 12 heteroatoms. The average molecular weight is 656 g/mol. The van der Waals surface area contributed by atoms with Gasteiger partial charge in [0.1, 0.15) is 17.6 Å². The number of carbonyl (C=O) groups excluding carboxylic acids is 3. The molecule has 12 nitrogen and oxygen atoms in total. The van der Waals surface area contributed by atoms with Crippen molar-refractivity contribution < 1.29 is 43.2 Å². The molecule has 4 heterocycles. The summed E-state index contributed by atoms with van der Waals surface area (Å²) < 4.78 is 31.5. The maximum Gasteiger partial charge on any atom is 0.408 e. The monoisotopic (exact) mass is 655 g/mol. The Morgan fingerprint density at radius 2 is 1.76 bits per heavy atom. The molecule has 4 rings (SSSR count). The van der Waals surface area contributed by atoms with E-state index >= 15 is 0 Å². The van der Waals surface area contributed by atoms with Gasteiger partial charge >= 0.3 is 12.1 Å². The van der Waals surface area contributed by atoms with Crippen molar-refractivity contribution in [3.8, 4) is 0 Å². The normalized spacial score (nSPS) is 39.7. The number of rotatable bonds is 10. The lowest BCUT2D eigenvalue weighted by atomic mass is 9.70. The minimum atomic E-state index is -1.55. The van der Waals surface area contributed by atoms with Gasteiger partial charge in [0.25, 0.3) is 0 Å². The van der Waals surface area contributed by atoms with Crippen LogP contribution >= 0.6 is 0 Å². The third-order valence-corrected chi connectivity index (χ3v) is 10.7. The van der Waals surface area contributed by atoms with Gasteiger partial charge in [0.2, 0.25) is 0 Å². The second-order valence-corrected chi connectivity index (χ2v) is 14.3. The number of fused-ring (bicyclic) bond motifs is 10. The molecule has 0 aromatic rings. The van der Waals surface area contributed by atoms with E-state index in [1.165, 1.54) is 0 Å². The third-order valence-electron chi connectivity index (χ3n) is 10.7. The predicted octanol–water partition coefficient (Wildman–Crippen LogP) is 3.42. The zero-order valence-corrected chi connectivity index (χ0v) is 30.0. The molecule has 0 aromatic carbocycles. The Bertz CT molecular complexity index is 1060. The van der Waals surface area contributed by atoms with Gasteiger partial charge in [-0.3, -0.25) is 9.59 Å². The average Bonchev–Trinajstić information content (AvgIpc) is 3.35. The van der Waals surface area contributed by atoms with Gasteiger partial charge in [-0.05, 0) is 86.4 Å². The lowest BCUT2D eigenvalue weighted by molar-refractivity contribution is -0.273. The fraction of sp³-hybridized carbons (Fsp3) is 0.912. The fourth-order valence-corrected chi connectivity index (χ4v) is 8.03. The number of alkyl carbamates (subject to hydrolysis) is 1. The molecule has 2 unspecified atom stereocenters. The fourth-order valence-electron chi connectivity index (χ4n) is 8.03. The van der Waals surface area contributed by atoms with Gasteiger partial charge in [0.15, 0.2) is 17.7 Å². The maximum atomic E-state index is 14.6. The topological polar surface area (TPSA) is 145 Å². The summed E-state index contributed by atoms with van der Waals surface area (Å²) in [5.74, 6) is -1.78. The summed E-state index contributed by atoms with van der Waals surface area (Å²) in [7, 11) is 3.79. The number of hydrogen-bond acceptors (Lipinski definition) is 11. The number of amides is 1. The Kier molecular flexibility index (Phi) is 13.1. The molecular weight excluding hydrogens is 594 g/mol. The summed E-state index contributed by atoms with van der Waals surface area (Å²) in [5, 5.41) is 18.1. The van der Waals surface area contributed by atoms with Crippen LogP contribution in [0.15, 0.2) is 0 Å². The SMILES string of the molecule is CCO[C@@H](O[C@@H]1[C@@H](C)C(=O)[C@]2(C)CCO[C@@]1(C)C[C@@H](C)CN[C@H](C)[C@H]1NC(=O)O[C@]1(CC)[C@@H](CC)OC2=O)C(O)C(CC)N(C)C. The van der Waals surface area contributed by atoms with Crippen LogP contribution in [-0.2, 0) is 33.3 Å². The smallest absolute Gasteiger partial charge is 0.408 e. The Morgan fingerprint density at radius 3 is 2.33 bits per heavy atom. The van der Waals surface area contributed by atoms with Crippen molar-refractivity contribution in [2.75, 3.05) is 33.9 Å². The van der Waals surface area contributed by atoms with Gasteiger partial charge in [-0.15, -0.1) is 0 Å². The van der Waals surface area contributed by atoms with Crippen molar-refractivity contribution in [1.29, 1.82) is 0 Å². The first-order valence-corrected chi connectivity index (χ1v) is 17.3. The molecule has 4 fully saturated rings. The van der Waals surface area contributed by atoms with Crippen LogP contribution in [0.1, 0.15) is 94.4 Å². The van der Waals surface area contributed by atoms with Gasteiger partial charge in [-0.1, -0.05) is 34.6 Å². The third kappa shape index (κ3) is 7.57. The summed E-state index contributed by atoms with van der Waals surface area (Å²) in [5.41, 5.74) is -3.64. The number of carbonyl (C=O) groups is 3. The highest BCUT2D eigenvalue weighted by Crippen LogP contribution is 2.43. The Labute approximate surface area is 275 Å². The first kappa shape index (κ1) is 38.6. The first-order chi connectivity index (χ1) is 21.5. The molecule has 46 heavy (non-hydrogen) atoms. The molecule has 0 radical (unpaired) electrons. The summed E-state index contributed by atoms with van der Waals surface area (Å²) >= 11 is 0. The van der Waals surface area contributed by atoms with Gasteiger partial charge in [-0.25, -0.2) is 4.79 Å². The Morgan fingerprint density at radius 1 is 1.09 bits per heavy atom. The lowest BCUT2D eigenvalue weighted by Crippen LogP contribution is -2.61. The largest absolute Gasteiger partial charge is 0.457 e. The number of ether oxygens (including phenoxy) is 5. The van der Waals surface area contributed by atoms with E-state index in [1.54, 1.807) is 13.8 Å². The van der Waals surface area contributed by atoms with Crippen LogP contribution in [0.25, 0.3) is 0 Å². The number of ketones is 1. The number of nitrogens with zero attached hydrogens (tertiary/aromatic N) is 1. The zero-order chi connectivity index (χ0) is 34.6. The van der Waals surface area contributed by atoms with E-state index in [-0.39, 0.29) is 43.4 Å². The first-order valence-electron chi connectivity index (χ1n) is 17.3. The summed E-state index contributed by atoms with van der Waals surface area (Å²) in [6, 6.07) is -0.951. The van der Waals surface area contributed by atoms with Crippen LogP contribution in [0.3, 0.4) is 0 Å². The number of aliphatic hydroxyl groups excluding tert-OH is 1. The van der Waals surface area contributed by atoms with Gasteiger partial charge in [-0.2, -0.15) is 0 Å². The van der Waals surface area contributed by atoms with Crippen LogP contribution in [0, 0.1) is 17.3 Å². The number of hydrogen-bond donors (Lipinski definition) is 3. The van der Waals surface area contributed by atoms with Crippen molar-refractivity contribution in [1.82, 2.24) is 15.5 Å². The minimum Gasteiger partial charge on any atom is -0.457 e. The molecular formula is C34H61N3O9. The van der Waals surface area contributed by atoms with E-state index in [1.807, 2.05) is 60.5 Å². The summed E-state index contributed by atoms with van der Waals surface area (Å²) in [6.45, 7) is 18.0. The van der Waals surface area contributed by atoms with Crippen LogP contribution in [0.2, 0.25) is 0 Å². The number of Topliss-reactive ketones (excluding diaryl/α,β-unsaturated/α-hetero) is 1. The maximum absolute atomic E-state index is 14.6. The zero-order valence-electron chi connectivity index (χ0n) is 30.0. The molecule has 0 aromatic heterocycles. The lowest BCUT2D eigenvalue weighted by Gasteiger charge is -2.47. The molecule has 0 aliphatic carbocycles. The number of esters is 1. The van der Waals surface area contributed by atoms with Crippen molar-refractivity contribution in [3.05, 3.63) is 0 Å². The molecule has 4 aliphatic heterocycles. The number of nitrogens with one attached hydrogen (secondary N) is 2. The van der Waals surface area contributed by atoms with Crippen LogP contribution in [0.4, 0.5) is 4.79 Å². The quantitative estimate of drug-likeness (QED) is 0.181. The van der Waals surface area contributed by atoms with Crippen molar-refractivity contribution in [2.24, 2.45) is 17.3 Å². The highest BCUT2D eigenvalue weighted by molar-refractivity contribution is 6.04. The standard InChI is InChI=1S/C34H61N3O9/c1-12-23(37(10)11)25(38)29(42-15-4)45-28-21(6)27(39)32(8)16-17-43-33(28,9)18-20(5)19-35-22(7)26-34(14-3,46-31(41)36-26)24(13-2)44-30(32)40/h20-26,28-29,35,38H,12-19H2,1-11H3,(H,36,41)/t20-,21+,22-,23?,24-,25?,26-,28-,29+,32+,33+,34-/m1/s1. The molecule has 266 valence electrons. The number of aliphatic hydroxyl groups is 1. The second kappa shape index (κ2) is 15.6. The highest BCUT2D eigenvalue weighted by atomic mass is 16.7. The van der Waals surface area contributed by atoms with Crippen molar-refractivity contribution in [2.45, 2.75) is 148 Å². The summed E-state index contributed by atoms with van der Waals surface area (Å²) in [6.07, 6.45) is -2.16. The molecule has 3 N–H and O–H groups in total. The van der Waals surface area contributed by atoms with Crippen LogP contribution < -0.4 is 10.6 Å². The van der Waals surface area contributed by atoms with E-state index in [0.717, 1.165) is 0 Å². The van der Waals surface area contributed by atoms with E-state index in [0.29, 0.717) is 32.2 Å². The van der Waals surface area contributed by atoms with E-state index in [9.17, 15) is 19.5 Å². The number of likely N-dealkylation sites (N-methyl/N-ethyl adjacent to an activating group) is 1. The Balaban J connectivity index is 2.13. The van der Waals surface area contributed by atoms with Gasteiger partial charge < -0.3 is 44.3 Å². The Hall–Kier alpha value is -1.83. The molecule has 0 spiro atoms.